The second-order valence-electron chi connectivity index (χ2n) is 5.61. The fourth-order valence-corrected chi connectivity index (χ4v) is 2.18. The van der Waals surface area contributed by atoms with E-state index in [0.29, 0.717) is 6.42 Å². The number of carbonyl (C=O) groups is 2. The molecule has 0 saturated heterocycles. The topological polar surface area (TPSA) is 34.1 Å². The van der Waals surface area contributed by atoms with Crippen molar-refractivity contribution in [1.29, 1.82) is 0 Å². The lowest BCUT2D eigenvalue weighted by Crippen LogP contribution is -2.08. The Kier molecular flexibility index (Phi) is 13.8. The summed E-state index contributed by atoms with van der Waals surface area (Å²) in [5, 5.41) is 0. The highest BCUT2D eigenvalue weighted by molar-refractivity contribution is 6.36. The number of Topliss-reactive ketones (excluding diaryl/α,β-unsaturated/α-hetero) is 2. The maximum atomic E-state index is 11.1. The Balaban J connectivity index is 3.20. The molecule has 0 unspecified atom stereocenters. The summed E-state index contributed by atoms with van der Waals surface area (Å²) in [6, 6.07) is 0. The van der Waals surface area contributed by atoms with Gasteiger partial charge in [0.2, 0.25) is 0 Å². The van der Waals surface area contributed by atoms with Crippen molar-refractivity contribution in [2.24, 2.45) is 0 Å². The van der Waals surface area contributed by atoms with E-state index in [2.05, 4.69) is 19.1 Å². The third-order valence-electron chi connectivity index (χ3n) is 3.56. The molecule has 0 spiro atoms. The Bertz CT molecular complexity index is 279. The number of hydrogen-bond acceptors (Lipinski definition) is 2. The number of unbranched alkanes of at least 4 members (excludes halogenated alkanes) is 9. The van der Waals surface area contributed by atoms with Gasteiger partial charge in [-0.25, -0.2) is 0 Å². The highest BCUT2D eigenvalue weighted by Crippen LogP contribution is 2.08. The lowest BCUT2D eigenvalue weighted by atomic mass is 10.1. The quantitative estimate of drug-likeness (QED) is 0.242. The molecular weight excluding hydrogens is 248 g/mol. The lowest BCUT2D eigenvalue weighted by molar-refractivity contribution is -0.135. The average molecular weight is 280 g/mol. The van der Waals surface area contributed by atoms with Crippen LogP contribution in [0.3, 0.4) is 0 Å². The van der Waals surface area contributed by atoms with Gasteiger partial charge in [-0.3, -0.25) is 9.59 Å². The standard InChI is InChI=1S/C18H32O2/c1-3-4-5-6-7-8-9-10-11-12-13-14-15-16-18(20)17(2)19/h10-11H,3-9,12-16H2,1-2H3. The molecule has 0 N–H and O–H groups in total. The van der Waals surface area contributed by atoms with Gasteiger partial charge in [0.1, 0.15) is 0 Å². The molecule has 0 aliphatic carbocycles. The van der Waals surface area contributed by atoms with Crippen molar-refractivity contribution >= 4 is 11.6 Å². The van der Waals surface area contributed by atoms with E-state index in [1.54, 1.807) is 0 Å². The maximum absolute atomic E-state index is 11.1. The van der Waals surface area contributed by atoms with E-state index in [1.807, 2.05) is 0 Å². The van der Waals surface area contributed by atoms with Crippen LogP contribution in [0.1, 0.15) is 90.9 Å². The van der Waals surface area contributed by atoms with Gasteiger partial charge in [0, 0.05) is 13.3 Å². The molecule has 0 aromatic rings. The second-order valence-corrected chi connectivity index (χ2v) is 5.61. The van der Waals surface area contributed by atoms with Crippen molar-refractivity contribution in [3.63, 3.8) is 0 Å². The number of carbonyl (C=O) groups excluding carboxylic acids is 2. The van der Waals surface area contributed by atoms with Crippen molar-refractivity contribution in [2.45, 2.75) is 90.9 Å². The molecule has 0 aromatic heterocycles. The van der Waals surface area contributed by atoms with Gasteiger partial charge in [-0.1, -0.05) is 57.6 Å². The molecule has 0 amide bonds. The first-order valence-electron chi connectivity index (χ1n) is 8.37. The molecule has 0 radical (unpaired) electrons. The van der Waals surface area contributed by atoms with Gasteiger partial charge in [-0.15, -0.1) is 0 Å². The van der Waals surface area contributed by atoms with E-state index in [1.165, 1.54) is 51.9 Å². The van der Waals surface area contributed by atoms with E-state index in [-0.39, 0.29) is 11.6 Å². The third-order valence-corrected chi connectivity index (χ3v) is 3.56. The van der Waals surface area contributed by atoms with Crippen LogP contribution in [0.4, 0.5) is 0 Å². The number of rotatable bonds is 14. The normalized spacial score (nSPS) is 11.1. The first-order chi connectivity index (χ1) is 9.68. The molecule has 0 rings (SSSR count). The zero-order valence-electron chi connectivity index (χ0n) is 13.5. The van der Waals surface area contributed by atoms with Gasteiger partial charge in [0.15, 0.2) is 11.6 Å². The predicted octanol–water partition coefficient (Wildman–Crippen LogP) is 5.40. The molecule has 2 nitrogen and oxygen atoms in total. The molecule has 0 atom stereocenters. The molecule has 20 heavy (non-hydrogen) atoms. The van der Waals surface area contributed by atoms with E-state index in [0.717, 1.165) is 25.7 Å². The van der Waals surface area contributed by atoms with Crippen LogP contribution in [0.2, 0.25) is 0 Å². The summed E-state index contributed by atoms with van der Waals surface area (Å²) in [6.07, 6.45) is 18.4. The van der Waals surface area contributed by atoms with Crippen molar-refractivity contribution in [1.82, 2.24) is 0 Å². The van der Waals surface area contributed by atoms with Crippen LogP contribution in [0.5, 0.6) is 0 Å². The number of allylic oxidation sites excluding steroid dienone is 2. The van der Waals surface area contributed by atoms with Gasteiger partial charge in [-0.2, -0.15) is 0 Å². The Labute approximate surface area is 125 Å². The summed E-state index contributed by atoms with van der Waals surface area (Å²) in [7, 11) is 0. The van der Waals surface area contributed by atoms with E-state index in [9.17, 15) is 9.59 Å². The van der Waals surface area contributed by atoms with Crippen LogP contribution in [0.25, 0.3) is 0 Å². The van der Waals surface area contributed by atoms with Gasteiger partial charge in [0.25, 0.3) is 0 Å². The minimum absolute atomic E-state index is 0.219. The molecule has 0 heterocycles. The van der Waals surface area contributed by atoms with Gasteiger partial charge in [0.05, 0.1) is 0 Å². The molecule has 0 fully saturated rings. The summed E-state index contributed by atoms with van der Waals surface area (Å²) >= 11 is 0. The van der Waals surface area contributed by atoms with Gasteiger partial charge >= 0.3 is 0 Å². The highest BCUT2D eigenvalue weighted by Gasteiger charge is 2.05. The molecule has 0 bridgehead atoms. The maximum Gasteiger partial charge on any atom is 0.198 e. The largest absolute Gasteiger partial charge is 0.291 e. The molecular formula is C18H32O2. The highest BCUT2D eigenvalue weighted by atomic mass is 16.2. The lowest BCUT2D eigenvalue weighted by Gasteiger charge is -1.98. The molecule has 2 heteroatoms. The number of ketones is 2. The fraction of sp³-hybridized carbons (Fsp3) is 0.778. The summed E-state index contributed by atoms with van der Waals surface area (Å²) in [4.78, 5) is 21.8. The van der Waals surface area contributed by atoms with Crippen LogP contribution in [0.15, 0.2) is 12.2 Å². The zero-order chi connectivity index (χ0) is 15.1. The Morgan fingerprint density at radius 3 is 1.80 bits per heavy atom. The van der Waals surface area contributed by atoms with Crippen molar-refractivity contribution in [2.75, 3.05) is 0 Å². The van der Waals surface area contributed by atoms with Crippen molar-refractivity contribution in [3.8, 4) is 0 Å². The fourth-order valence-electron chi connectivity index (χ4n) is 2.18. The summed E-state index contributed by atoms with van der Waals surface area (Å²) in [5.41, 5.74) is 0. The van der Waals surface area contributed by atoms with E-state index in [4.69, 9.17) is 0 Å². The number of hydrogen-bond donors (Lipinski definition) is 0. The minimum atomic E-state index is -0.302. The van der Waals surface area contributed by atoms with Gasteiger partial charge in [-0.05, 0) is 32.1 Å². The molecule has 0 aliphatic heterocycles. The summed E-state index contributed by atoms with van der Waals surface area (Å²) in [5.74, 6) is -0.521. The van der Waals surface area contributed by atoms with Gasteiger partial charge < -0.3 is 0 Å². The predicted molar refractivity (Wildman–Crippen MR) is 85.9 cm³/mol. The zero-order valence-corrected chi connectivity index (χ0v) is 13.5. The smallest absolute Gasteiger partial charge is 0.198 e. The molecule has 0 aliphatic rings. The average Bonchev–Trinajstić information content (AvgIpc) is 2.43. The monoisotopic (exact) mass is 280 g/mol. The molecule has 0 aromatic carbocycles. The van der Waals surface area contributed by atoms with Crippen LogP contribution < -0.4 is 0 Å². The van der Waals surface area contributed by atoms with Crippen LogP contribution in [0, 0.1) is 0 Å². The van der Waals surface area contributed by atoms with Crippen molar-refractivity contribution in [3.05, 3.63) is 12.2 Å². The Morgan fingerprint density at radius 2 is 1.25 bits per heavy atom. The SMILES string of the molecule is CCCCCCCCC=CCCCCCC(=O)C(C)=O. The second kappa shape index (κ2) is 14.5. The first kappa shape index (κ1) is 19.1. The van der Waals surface area contributed by atoms with E-state index < -0.39 is 0 Å². The van der Waals surface area contributed by atoms with Crippen LogP contribution in [-0.2, 0) is 9.59 Å². The summed E-state index contributed by atoms with van der Waals surface area (Å²) in [6.45, 7) is 3.60. The minimum Gasteiger partial charge on any atom is -0.291 e. The Hall–Kier alpha value is -0.920. The van der Waals surface area contributed by atoms with Crippen LogP contribution in [-0.4, -0.2) is 11.6 Å². The first-order valence-corrected chi connectivity index (χ1v) is 8.37. The summed E-state index contributed by atoms with van der Waals surface area (Å²) < 4.78 is 0. The van der Waals surface area contributed by atoms with E-state index >= 15 is 0 Å². The Morgan fingerprint density at radius 1 is 0.750 bits per heavy atom. The van der Waals surface area contributed by atoms with Crippen LogP contribution >= 0.6 is 0 Å². The van der Waals surface area contributed by atoms with Crippen molar-refractivity contribution < 1.29 is 9.59 Å². The molecule has 116 valence electrons. The third kappa shape index (κ3) is 13.5. The molecule has 0 saturated carbocycles.